The molecule has 0 spiro atoms. The van der Waals surface area contributed by atoms with Crippen LogP contribution < -0.4 is 15.8 Å². The second kappa shape index (κ2) is 9.06. The van der Waals surface area contributed by atoms with Gasteiger partial charge in [-0.15, -0.1) is 12.4 Å². The van der Waals surface area contributed by atoms with Gasteiger partial charge in [-0.05, 0) is 55.7 Å². The van der Waals surface area contributed by atoms with Crippen LogP contribution in [0.4, 0.5) is 11.4 Å². The fourth-order valence-corrected chi connectivity index (χ4v) is 2.16. The van der Waals surface area contributed by atoms with Gasteiger partial charge in [-0.2, -0.15) is 0 Å². The Hall–Kier alpha value is -2.20. The van der Waals surface area contributed by atoms with Crippen molar-refractivity contribution in [1.29, 1.82) is 0 Å². The van der Waals surface area contributed by atoms with E-state index in [4.69, 9.17) is 10.5 Å². The van der Waals surface area contributed by atoms with E-state index in [2.05, 4.69) is 5.32 Å². The molecule has 2 rings (SSSR count). The van der Waals surface area contributed by atoms with Gasteiger partial charge in [-0.1, -0.05) is 18.2 Å². The van der Waals surface area contributed by atoms with E-state index in [1.807, 2.05) is 50.2 Å². The molecule has 4 nitrogen and oxygen atoms in total. The second-order valence-corrected chi connectivity index (χ2v) is 5.20. The van der Waals surface area contributed by atoms with E-state index in [0.29, 0.717) is 25.1 Å². The molecule has 2 aromatic carbocycles. The van der Waals surface area contributed by atoms with Crippen LogP contribution in [0.25, 0.3) is 0 Å². The van der Waals surface area contributed by atoms with E-state index in [9.17, 15) is 4.79 Å². The van der Waals surface area contributed by atoms with Crippen LogP contribution in [-0.2, 0) is 11.2 Å². The Morgan fingerprint density at radius 1 is 1.17 bits per heavy atom. The third kappa shape index (κ3) is 5.83. The maximum absolute atomic E-state index is 12.0. The third-order valence-electron chi connectivity index (χ3n) is 3.41. The standard InChI is InChI=1S/C18H22N2O2.ClH/c1-3-22-16-9-5-14(6-10-16)7-11-18(21)20-17-12-15(19)8-4-13(17)2;/h4-6,8-10,12H,3,7,11,19H2,1-2H3,(H,20,21);1H. The molecule has 23 heavy (non-hydrogen) atoms. The first-order valence-electron chi connectivity index (χ1n) is 7.46. The smallest absolute Gasteiger partial charge is 0.224 e. The van der Waals surface area contributed by atoms with E-state index < -0.39 is 0 Å². The number of amides is 1. The summed E-state index contributed by atoms with van der Waals surface area (Å²) in [7, 11) is 0. The largest absolute Gasteiger partial charge is 0.494 e. The Morgan fingerprint density at radius 2 is 1.87 bits per heavy atom. The van der Waals surface area contributed by atoms with Crippen LogP contribution in [0.15, 0.2) is 42.5 Å². The summed E-state index contributed by atoms with van der Waals surface area (Å²) >= 11 is 0. The molecular formula is C18H23ClN2O2. The molecule has 124 valence electrons. The van der Waals surface area contributed by atoms with Gasteiger partial charge in [0.25, 0.3) is 0 Å². The SMILES string of the molecule is CCOc1ccc(CCC(=O)Nc2cc(N)ccc2C)cc1.Cl. The van der Waals surface area contributed by atoms with Crippen LogP contribution in [0, 0.1) is 6.92 Å². The fourth-order valence-electron chi connectivity index (χ4n) is 2.16. The Labute approximate surface area is 143 Å². The topological polar surface area (TPSA) is 64.3 Å². The Bertz CT molecular complexity index is 642. The van der Waals surface area contributed by atoms with Gasteiger partial charge >= 0.3 is 0 Å². The number of carbonyl (C=O) groups is 1. The Kier molecular flexibility index (Phi) is 7.42. The molecule has 0 heterocycles. The van der Waals surface area contributed by atoms with Crippen molar-refractivity contribution in [2.75, 3.05) is 17.7 Å². The zero-order chi connectivity index (χ0) is 15.9. The van der Waals surface area contributed by atoms with Crippen molar-refractivity contribution in [3.63, 3.8) is 0 Å². The lowest BCUT2D eigenvalue weighted by Gasteiger charge is -2.09. The summed E-state index contributed by atoms with van der Waals surface area (Å²) in [6.07, 6.45) is 1.13. The normalized spacial score (nSPS) is 9.83. The minimum absolute atomic E-state index is 0. The van der Waals surface area contributed by atoms with Crippen molar-refractivity contribution in [2.45, 2.75) is 26.7 Å². The second-order valence-electron chi connectivity index (χ2n) is 5.20. The molecule has 0 radical (unpaired) electrons. The molecule has 0 unspecified atom stereocenters. The number of nitrogen functional groups attached to an aromatic ring is 1. The van der Waals surface area contributed by atoms with Crippen LogP contribution in [0.2, 0.25) is 0 Å². The molecule has 2 aromatic rings. The van der Waals surface area contributed by atoms with Crippen molar-refractivity contribution in [2.24, 2.45) is 0 Å². The molecule has 3 N–H and O–H groups in total. The highest BCUT2D eigenvalue weighted by atomic mass is 35.5. The van der Waals surface area contributed by atoms with Gasteiger partial charge in [-0.25, -0.2) is 0 Å². The number of nitrogens with one attached hydrogen (secondary N) is 1. The Balaban J connectivity index is 0.00000264. The number of halogens is 1. The van der Waals surface area contributed by atoms with Gasteiger partial charge in [0.1, 0.15) is 5.75 Å². The molecule has 0 aliphatic heterocycles. The predicted molar refractivity (Wildman–Crippen MR) is 97.4 cm³/mol. The predicted octanol–water partition coefficient (Wildman–Crippen LogP) is 3.97. The summed E-state index contributed by atoms with van der Waals surface area (Å²) in [6, 6.07) is 13.3. The lowest BCUT2D eigenvalue weighted by atomic mass is 10.1. The monoisotopic (exact) mass is 334 g/mol. The zero-order valence-electron chi connectivity index (χ0n) is 13.5. The number of aryl methyl sites for hydroxylation is 2. The summed E-state index contributed by atoms with van der Waals surface area (Å²) in [4.78, 5) is 12.0. The van der Waals surface area contributed by atoms with Gasteiger partial charge in [-0.3, -0.25) is 4.79 Å². The number of hydrogen-bond donors (Lipinski definition) is 2. The lowest BCUT2D eigenvalue weighted by Crippen LogP contribution is -2.13. The molecule has 0 atom stereocenters. The fraction of sp³-hybridized carbons (Fsp3) is 0.278. The number of ether oxygens (including phenoxy) is 1. The molecule has 5 heteroatoms. The van der Waals surface area contributed by atoms with Crippen molar-refractivity contribution in [3.05, 3.63) is 53.6 Å². The van der Waals surface area contributed by atoms with E-state index >= 15 is 0 Å². The highest BCUT2D eigenvalue weighted by Crippen LogP contribution is 2.19. The van der Waals surface area contributed by atoms with Gasteiger partial charge in [0.2, 0.25) is 5.91 Å². The quantitative estimate of drug-likeness (QED) is 0.786. The highest BCUT2D eigenvalue weighted by Gasteiger charge is 2.06. The van der Waals surface area contributed by atoms with Crippen molar-refractivity contribution >= 4 is 29.7 Å². The van der Waals surface area contributed by atoms with Crippen LogP contribution in [0.1, 0.15) is 24.5 Å². The van der Waals surface area contributed by atoms with Gasteiger partial charge < -0.3 is 15.8 Å². The molecule has 1 amide bonds. The summed E-state index contributed by atoms with van der Waals surface area (Å²) in [5.74, 6) is 0.841. The highest BCUT2D eigenvalue weighted by molar-refractivity contribution is 5.92. The first-order valence-corrected chi connectivity index (χ1v) is 7.46. The van der Waals surface area contributed by atoms with E-state index in [1.54, 1.807) is 6.07 Å². The summed E-state index contributed by atoms with van der Waals surface area (Å²) in [6.45, 7) is 4.55. The van der Waals surface area contributed by atoms with Crippen LogP contribution in [-0.4, -0.2) is 12.5 Å². The van der Waals surface area contributed by atoms with Crippen LogP contribution in [0.5, 0.6) is 5.75 Å². The number of nitrogens with two attached hydrogens (primary N) is 1. The minimum Gasteiger partial charge on any atom is -0.494 e. The first kappa shape index (κ1) is 18.8. The zero-order valence-corrected chi connectivity index (χ0v) is 14.3. The summed E-state index contributed by atoms with van der Waals surface area (Å²) in [5.41, 5.74) is 9.28. The van der Waals surface area contributed by atoms with Crippen LogP contribution >= 0.6 is 12.4 Å². The number of benzene rings is 2. The maximum atomic E-state index is 12.0. The van der Waals surface area contributed by atoms with Crippen molar-refractivity contribution < 1.29 is 9.53 Å². The molecule has 0 fully saturated rings. The number of rotatable bonds is 6. The summed E-state index contributed by atoms with van der Waals surface area (Å²) in [5, 5.41) is 2.91. The number of anilines is 2. The molecule has 0 bridgehead atoms. The molecular weight excluding hydrogens is 312 g/mol. The minimum atomic E-state index is -0.0115. The molecule has 0 saturated carbocycles. The average Bonchev–Trinajstić information content (AvgIpc) is 2.51. The van der Waals surface area contributed by atoms with Crippen LogP contribution in [0.3, 0.4) is 0 Å². The molecule has 0 aromatic heterocycles. The molecule has 0 aliphatic carbocycles. The van der Waals surface area contributed by atoms with Gasteiger partial charge in [0.15, 0.2) is 0 Å². The average molecular weight is 335 g/mol. The summed E-state index contributed by atoms with van der Waals surface area (Å²) < 4.78 is 5.40. The first-order chi connectivity index (χ1) is 10.6. The third-order valence-corrected chi connectivity index (χ3v) is 3.41. The maximum Gasteiger partial charge on any atom is 0.224 e. The molecule has 0 saturated heterocycles. The van der Waals surface area contributed by atoms with Gasteiger partial charge in [0.05, 0.1) is 6.61 Å². The van der Waals surface area contributed by atoms with E-state index in [-0.39, 0.29) is 18.3 Å². The van der Waals surface area contributed by atoms with Crippen molar-refractivity contribution in [3.8, 4) is 5.75 Å². The van der Waals surface area contributed by atoms with Crippen molar-refractivity contribution in [1.82, 2.24) is 0 Å². The van der Waals surface area contributed by atoms with E-state index in [0.717, 1.165) is 22.6 Å². The lowest BCUT2D eigenvalue weighted by molar-refractivity contribution is -0.116. The number of carbonyl (C=O) groups excluding carboxylic acids is 1. The van der Waals surface area contributed by atoms with E-state index in [1.165, 1.54) is 0 Å². The Morgan fingerprint density at radius 3 is 2.52 bits per heavy atom. The number of hydrogen-bond acceptors (Lipinski definition) is 3. The van der Waals surface area contributed by atoms with Gasteiger partial charge in [0, 0.05) is 17.8 Å². The molecule has 0 aliphatic rings.